The van der Waals surface area contributed by atoms with E-state index in [1.54, 1.807) is 4.57 Å². The zero-order valence-electron chi connectivity index (χ0n) is 10.1. The molecule has 0 aliphatic rings. The molecule has 3 heteroatoms. The van der Waals surface area contributed by atoms with Crippen LogP contribution in [-0.2, 0) is 5.54 Å². The Labute approximate surface area is 94.7 Å². The highest BCUT2D eigenvalue weighted by molar-refractivity contribution is 5.77. The van der Waals surface area contributed by atoms with Crippen LogP contribution in [0.4, 0.5) is 0 Å². The second-order valence-corrected chi connectivity index (χ2v) is 4.99. The number of hydrogen-bond donors (Lipinski definition) is 0. The molecule has 1 heterocycles. The second-order valence-electron chi connectivity index (χ2n) is 4.99. The Balaban J connectivity index is 2.92. The number of fused-ring (bicyclic) bond motifs is 1. The van der Waals surface area contributed by atoms with E-state index in [9.17, 15) is 4.79 Å². The van der Waals surface area contributed by atoms with E-state index in [1.165, 1.54) is 0 Å². The molecule has 0 saturated heterocycles. The van der Waals surface area contributed by atoms with Gasteiger partial charge < -0.3 is 0 Å². The van der Waals surface area contributed by atoms with Gasteiger partial charge in [0.2, 0.25) is 0 Å². The largest absolute Gasteiger partial charge is 0.291 e. The van der Waals surface area contributed by atoms with Gasteiger partial charge in [0, 0.05) is 5.54 Å². The van der Waals surface area contributed by atoms with E-state index in [1.807, 2.05) is 52.0 Å². The first kappa shape index (κ1) is 10.9. The van der Waals surface area contributed by atoms with E-state index in [2.05, 4.69) is 4.98 Å². The van der Waals surface area contributed by atoms with Gasteiger partial charge >= 0.3 is 0 Å². The summed E-state index contributed by atoms with van der Waals surface area (Å²) in [7, 11) is 0. The summed E-state index contributed by atoms with van der Waals surface area (Å²) in [5.41, 5.74) is 0.569. The number of benzene rings is 1. The Kier molecular flexibility index (Phi) is 2.34. The molecule has 1 aromatic heterocycles. The van der Waals surface area contributed by atoms with Gasteiger partial charge in [-0.1, -0.05) is 12.1 Å². The molecular weight excluding hydrogens is 200 g/mol. The first-order valence-corrected chi connectivity index (χ1v) is 5.40. The normalized spacial score (nSPS) is 12.0. The van der Waals surface area contributed by atoms with Crippen molar-refractivity contribution in [3.8, 4) is 0 Å². The summed E-state index contributed by atoms with van der Waals surface area (Å²) in [6.45, 7) is 7.91. The fourth-order valence-corrected chi connectivity index (χ4v) is 2.03. The molecule has 0 fully saturated rings. The molecule has 0 bridgehead atoms. The van der Waals surface area contributed by atoms with E-state index in [-0.39, 0.29) is 11.1 Å². The van der Waals surface area contributed by atoms with Crippen molar-refractivity contribution in [2.75, 3.05) is 0 Å². The van der Waals surface area contributed by atoms with Crippen LogP contribution in [0, 0.1) is 6.92 Å². The molecule has 0 atom stereocenters. The fourth-order valence-electron chi connectivity index (χ4n) is 2.03. The molecular formula is C13H16N2O. The molecule has 1 aromatic carbocycles. The highest BCUT2D eigenvalue weighted by Gasteiger charge is 2.18. The molecule has 0 spiro atoms. The Morgan fingerprint density at radius 1 is 1.19 bits per heavy atom. The highest BCUT2D eigenvalue weighted by atomic mass is 16.1. The van der Waals surface area contributed by atoms with Crippen LogP contribution in [0.15, 0.2) is 29.1 Å². The van der Waals surface area contributed by atoms with Crippen molar-refractivity contribution in [3.05, 3.63) is 40.4 Å². The van der Waals surface area contributed by atoms with Gasteiger partial charge in [-0.15, -0.1) is 0 Å². The van der Waals surface area contributed by atoms with E-state index >= 15 is 0 Å². The molecule has 0 saturated carbocycles. The lowest BCUT2D eigenvalue weighted by Crippen LogP contribution is -2.36. The zero-order chi connectivity index (χ0) is 11.9. The van der Waals surface area contributed by atoms with Crippen molar-refractivity contribution in [2.45, 2.75) is 33.2 Å². The topological polar surface area (TPSA) is 34.9 Å². The van der Waals surface area contributed by atoms with Gasteiger partial charge in [-0.2, -0.15) is 0 Å². The molecule has 84 valence electrons. The molecule has 2 aromatic rings. The van der Waals surface area contributed by atoms with Crippen LogP contribution >= 0.6 is 0 Å². The van der Waals surface area contributed by atoms with Crippen LogP contribution in [0.2, 0.25) is 0 Å². The third-order valence-corrected chi connectivity index (χ3v) is 2.61. The van der Waals surface area contributed by atoms with Crippen LogP contribution in [0.25, 0.3) is 10.9 Å². The summed E-state index contributed by atoms with van der Waals surface area (Å²) in [6, 6.07) is 7.46. The number of aryl methyl sites for hydroxylation is 1. The predicted octanol–water partition coefficient (Wildman–Crippen LogP) is 2.46. The molecule has 0 aliphatic carbocycles. The minimum absolute atomic E-state index is 0.0376. The smallest absolute Gasteiger partial charge is 0.261 e. The number of hydrogen-bond acceptors (Lipinski definition) is 2. The average molecular weight is 216 g/mol. The highest BCUT2D eigenvalue weighted by Crippen LogP contribution is 2.15. The monoisotopic (exact) mass is 216 g/mol. The summed E-state index contributed by atoms with van der Waals surface area (Å²) in [5, 5.41) is 0.683. The van der Waals surface area contributed by atoms with Gasteiger partial charge in [0.05, 0.1) is 10.9 Å². The summed E-state index contributed by atoms with van der Waals surface area (Å²) in [5.74, 6) is 0.760. The zero-order valence-corrected chi connectivity index (χ0v) is 10.1. The van der Waals surface area contributed by atoms with Gasteiger partial charge in [-0.05, 0) is 39.8 Å². The third-order valence-electron chi connectivity index (χ3n) is 2.61. The first-order chi connectivity index (χ1) is 7.41. The molecule has 0 unspecified atom stereocenters. The van der Waals surface area contributed by atoms with E-state index in [0.717, 1.165) is 11.3 Å². The number of aromatic nitrogens is 2. The maximum absolute atomic E-state index is 12.3. The number of para-hydroxylation sites is 1. The van der Waals surface area contributed by atoms with Crippen LogP contribution in [0.1, 0.15) is 26.6 Å². The van der Waals surface area contributed by atoms with Gasteiger partial charge in [-0.3, -0.25) is 9.36 Å². The van der Waals surface area contributed by atoms with Crippen LogP contribution in [0.3, 0.4) is 0 Å². The molecule has 16 heavy (non-hydrogen) atoms. The number of rotatable bonds is 0. The van der Waals surface area contributed by atoms with Crippen molar-refractivity contribution >= 4 is 10.9 Å². The first-order valence-electron chi connectivity index (χ1n) is 5.40. The Hall–Kier alpha value is -1.64. The summed E-state index contributed by atoms with van der Waals surface area (Å²) >= 11 is 0. The molecule has 0 amide bonds. The Morgan fingerprint density at radius 2 is 1.81 bits per heavy atom. The van der Waals surface area contributed by atoms with E-state index in [0.29, 0.717) is 5.39 Å². The van der Waals surface area contributed by atoms with Crippen LogP contribution in [0.5, 0.6) is 0 Å². The third kappa shape index (κ3) is 1.62. The van der Waals surface area contributed by atoms with Crippen molar-refractivity contribution in [1.29, 1.82) is 0 Å². The standard InChI is InChI=1S/C13H16N2O/c1-9-14-11-8-6-5-7-10(11)12(16)15(9)13(2,3)4/h5-8H,1-4H3. The Bertz CT molecular complexity index is 591. The van der Waals surface area contributed by atoms with E-state index in [4.69, 9.17) is 0 Å². The lowest BCUT2D eigenvalue weighted by molar-refractivity contribution is 0.372. The van der Waals surface area contributed by atoms with Crippen molar-refractivity contribution in [3.63, 3.8) is 0 Å². The van der Waals surface area contributed by atoms with E-state index < -0.39 is 0 Å². The second kappa shape index (κ2) is 3.44. The molecule has 0 aliphatic heterocycles. The SMILES string of the molecule is Cc1nc2ccccc2c(=O)n1C(C)(C)C. The molecule has 2 rings (SSSR count). The molecule has 3 nitrogen and oxygen atoms in total. The quantitative estimate of drug-likeness (QED) is 0.678. The van der Waals surface area contributed by atoms with Crippen molar-refractivity contribution in [1.82, 2.24) is 9.55 Å². The minimum atomic E-state index is -0.238. The van der Waals surface area contributed by atoms with Gasteiger partial charge in [0.25, 0.3) is 5.56 Å². The van der Waals surface area contributed by atoms with Crippen molar-refractivity contribution < 1.29 is 0 Å². The van der Waals surface area contributed by atoms with Gasteiger partial charge in [0.1, 0.15) is 5.82 Å². The Morgan fingerprint density at radius 3 is 2.44 bits per heavy atom. The maximum Gasteiger partial charge on any atom is 0.261 e. The van der Waals surface area contributed by atoms with Gasteiger partial charge in [0.15, 0.2) is 0 Å². The summed E-state index contributed by atoms with van der Waals surface area (Å²) < 4.78 is 1.75. The fraction of sp³-hybridized carbons (Fsp3) is 0.385. The predicted molar refractivity (Wildman–Crippen MR) is 65.7 cm³/mol. The molecule has 0 radical (unpaired) electrons. The van der Waals surface area contributed by atoms with Crippen molar-refractivity contribution in [2.24, 2.45) is 0 Å². The molecule has 0 N–H and O–H groups in total. The summed E-state index contributed by atoms with van der Waals surface area (Å²) in [4.78, 5) is 16.8. The lowest BCUT2D eigenvalue weighted by Gasteiger charge is -2.24. The van der Waals surface area contributed by atoms with Gasteiger partial charge in [-0.25, -0.2) is 4.98 Å². The minimum Gasteiger partial charge on any atom is -0.291 e. The van der Waals surface area contributed by atoms with Crippen LogP contribution < -0.4 is 5.56 Å². The number of nitrogens with zero attached hydrogens (tertiary/aromatic N) is 2. The average Bonchev–Trinajstić information content (AvgIpc) is 2.15. The van der Waals surface area contributed by atoms with Crippen LogP contribution in [-0.4, -0.2) is 9.55 Å². The summed E-state index contributed by atoms with van der Waals surface area (Å²) in [6.07, 6.45) is 0. The maximum atomic E-state index is 12.3. The lowest BCUT2D eigenvalue weighted by atomic mass is 10.1.